The van der Waals surface area contributed by atoms with E-state index in [0.717, 1.165) is 44.0 Å². The molecular formula is C29H37ClN4O7. The molecule has 0 atom stereocenters. The second kappa shape index (κ2) is 15.4. The Balaban J connectivity index is 1.21. The molecule has 222 valence electrons. The summed E-state index contributed by atoms with van der Waals surface area (Å²) in [5.41, 5.74) is 4.22. The smallest absolute Gasteiger partial charge is 0.406 e. The molecule has 1 heterocycles. The molecule has 4 rings (SSSR count). The second-order valence-corrected chi connectivity index (χ2v) is 9.55. The topological polar surface area (TPSA) is 128 Å². The molecule has 1 aliphatic heterocycles. The lowest BCUT2D eigenvalue weighted by Gasteiger charge is -2.12. The Bertz CT molecular complexity index is 1350. The van der Waals surface area contributed by atoms with Gasteiger partial charge in [0.2, 0.25) is 0 Å². The molecule has 2 aromatic carbocycles. The fourth-order valence-corrected chi connectivity index (χ4v) is 4.63. The number of amides is 1. The predicted octanol–water partition coefficient (Wildman–Crippen LogP) is 4.97. The van der Waals surface area contributed by atoms with Crippen LogP contribution in [0.3, 0.4) is 0 Å². The van der Waals surface area contributed by atoms with Gasteiger partial charge in [-0.2, -0.15) is 0 Å². The molecule has 0 saturated heterocycles. The van der Waals surface area contributed by atoms with Crippen molar-refractivity contribution in [3.63, 3.8) is 0 Å². The first kappa shape index (κ1) is 30.3. The average Bonchev–Trinajstić information content (AvgIpc) is 3.53. The Morgan fingerprint density at radius 3 is 2.34 bits per heavy atom. The highest BCUT2D eigenvalue weighted by Gasteiger charge is 2.20. The molecule has 0 spiro atoms. The van der Waals surface area contributed by atoms with Crippen LogP contribution in [0.5, 0.6) is 11.5 Å². The first-order valence-corrected chi connectivity index (χ1v) is 13.8. The summed E-state index contributed by atoms with van der Waals surface area (Å²) in [5.74, 6) is 2.18. The molecule has 0 saturated carbocycles. The molecule has 0 aromatic heterocycles. The Morgan fingerprint density at radius 2 is 1.63 bits per heavy atom. The number of benzene rings is 2. The fraction of sp³-hybridized carbons (Fsp3) is 0.414. The first-order valence-electron chi connectivity index (χ1n) is 13.4. The highest BCUT2D eigenvalue weighted by atomic mass is 35.5. The summed E-state index contributed by atoms with van der Waals surface area (Å²) in [6.07, 6.45) is -0.476. The Morgan fingerprint density at radius 1 is 0.902 bits per heavy atom. The van der Waals surface area contributed by atoms with Crippen LogP contribution in [0.25, 0.3) is 22.0 Å². The number of carbonyl (C=O) groups is 1. The molecule has 11 nitrogen and oxygen atoms in total. The summed E-state index contributed by atoms with van der Waals surface area (Å²) in [6.45, 7) is 5.97. The van der Waals surface area contributed by atoms with E-state index in [9.17, 15) is 4.79 Å². The zero-order valence-corrected chi connectivity index (χ0v) is 24.3. The van der Waals surface area contributed by atoms with Gasteiger partial charge in [-0.15, -0.1) is 0 Å². The number of carbonyl (C=O) groups excluding carboxylic acids is 1. The van der Waals surface area contributed by atoms with Crippen molar-refractivity contribution in [3.05, 3.63) is 52.5 Å². The summed E-state index contributed by atoms with van der Waals surface area (Å²) in [4.78, 5) is 10.9. The van der Waals surface area contributed by atoms with E-state index in [1.54, 1.807) is 7.11 Å². The summed E-state index contributed by atoms with van der Waals surface area (Å²) in [5, 5.41) is 15.3. The predicted molar refractivity (Wildman–Crippen MR) is 158 cm³/mol. The quantitative estimate of drug-likeness (QED) is 0.127. The SMILES string of the molecule is COC(=O)NCCOCCOCCOCCOc1cc2cc3c(NCc4c(C)cccc4Cl)[nH][nH]c-3c2cc1OC. The maximum absolute atomic E-state index is 10.9. The number of hydrogen-bond donors (Lipinski definition) is 4. The number of fused-ring (bicyclic) bond motifs is 3. The van der Waals surface area contributed by atoms with Crippen LogP contribution in [0.1, 0.15) is 11.1 Å². The summed E-state index contributed by atoms with van der Waals surface area (Å²) in [7, 11) is 2.94. The van der Waals surface area contributed by atoms with E-state index in [1.165, 1.54) is 7.11 Å². The Labute approximate surface area is 244 Å². The first-order chi connectivity index (χ1) is 20.0. The maximum atomic E-state index is 10.9. The number of rotatable bonds is 17. The maximum Gasteiger partial charge on any atom is 0.406 e. The molecule has 2 aromatic rings. The van der Waals surface area contributed by atoms with Gasteiger partial charge in [0, 0.05) is 29.1 Å². The van der Waals surface area contributed by atoms with Crippen LogP contribution in [-0.4, -0.2) is 83.3 Å². The monoisotopic (exact) mass is 588 g/mol. The van der Waals surface area contributed by atoms with E-state index >= 15 is 0 Å². The van der Waals surface area contributed by atoms with Gasteiger partial charge in [-0.05, 0) is 47.7 Å². The van der Waals surface area contributed by atoms with Crippen LogP contribution in [0.15, 0.2) is 36.4 Å². The lowest BCUT2D eigenvalue weighted by Crippen LogP contribution is -2.27. The number of alkyl carbamates (subject to hydrolysis) is 1. The number of H-pyrrole nitrogens is 2. The van der Waals surface area contributed by atoms with Crippen molar-refractivity contribution >= 4 is 34.3 Å². The van der Waals surface area contributed by atoms with Gasteiger partial charge in [-0.1, -0.05) is 23.7 Å². The van der Waals surface area contributed by atoms with Gasteiger partial charge in [0.1, 0.15) is 12.4 Å². The molecule has 12 heteroatoms. The molecule has 0 bridgehead atoms. The van der Waals surface area contributed by atoms with Crippen molar-refractivity contribution in [2.75, 3.05) is 72.3 Å². The van der Waals surface area contributed by atoms with Gasteiger partial charge in [-0.25, -0.2) is 4.79 Å². The standard InChI is InChI=1S/C29H37ClN4O7/c1-19-5-4-6-24(30)23(19)18-32-28-22-15-20-16-26(25(36-2)17-21(20)27(22)33-34-28)41-14-13-40-12-11-39-10-9-38-8-7-31-29(35)37-3/h4-6,15-17,32-34H,7-14,18H2,1-3H3,(H,31,35). The van der Waals surface area contributed by atoms with Crippen LogP contribution in [0.2, 0.25) is 5.02 Å². The second-order valence-electron chi connectivity index (χ2n) is 9.14. The van der Waals surface area contributed by atoms with Crippen LogP contribution in [0, 0.1) is 6.92 Å². The molecule has 0 unspecified atom stereocenters. The minimum absolute atomic E-state index is 0.370. The lowest BCUT2D eigenvalue weighted by molar-refractivity contribution is 0.00975. The normalized spacial score (nSPS) is 11.2. The lowest BCUT2D eigenvalue weighted by atomic mass is 10.1. The van der Waals surface area contributed by atoms with Crippen molar-refractivity contribution in [2.24, 2.45) is 0 Å². The average molecular weight is 589 g/mol. The third-order valence-electron chi connectivity index (χ3n) is 6.48. The van der Waals surface area contributed by atoms with Crippen LogP contribution >= 0.6 is 11.6 Å². The number of methoxy groups -OCH3 is 2. The number of aromatic amines is 2. The van der Waals surface area contributed by atoms with Gasteiger partial charge in [-0.3, -0.25) is 10.2 Å². The summed E-state index contributed by atoms with van der Waals surface area (Å²) >= 11 is 6.40. The number of anilines is 1. The van der Waals surface area contributed by atoms with Crippen molar-refractivity contribution in [3.8, 4) is 22.8 Å². The minimum atomic E-state index is -0.476. The van der Waals surface area contributed by atoms with E-state index in [1.807, 2.05) is 24.3 Å². The number of aryl methyl sites for hydroxylation is 1. The molecule has 1 aliphatic carbocycles. The number of aromatic nitrogens is 2. The number of ether oxygens (including phenoxy) is 6. The zero-order chi connectivity index (χ0) is 29.0. The molecular weight excluding hydrogens is 552 g/mol. The molecule has 41 heavy (non-hydrogen) atoms. The van der Waals surface area contributed by atoms with E-state index in [-0.39, 0.29) is 0 Å². The van der Waals surface area contributed by atoms with E-state index in [4.69, 9.17) is 35.3 Å². The fourth-order valence-electron chi connectivity index (χ4n) is 4.34. The highest BCUT2D eigenvalue weighted by Crippen LogP contribution is 2.42. The van der Waals surface area contributed by atoms with Gasteiger partial charge in [0.25, 0.3) is 0 Å². The van der Waals surface area contributed by atoms with E-state index in [0.29, 0.717) is 70.8 Å². The molecule has 0 radical (unpaired) electrons. The van der Waals surface area contributed by atoms with E-state index in [2.05, 4.69) is 44.6 Å². The van der Waals surface area contributed by atoms with Gasteiger partial charge in [0.05, 0.1) is 59.6 Å². The van der Waals surface area contributed by atoms with Gasteiger partial charge in [0.15, 0.2) is 11.5 Å². The van der Waals surface area contributed by atoms with Crippen LogP contribution in [0.4, 0.5) is 10.6 Å². The van der Waals surface area contributed by atoms with Crippen LogP contribution in [-0.2, 0) is 25.5 Å². The number of nitrogens with one attached hydrogen (secondary N) is 4. The third kappa shape index (κ3) is 8.20. The van der Waals surface area contributed by atoms with Gasteiger partial charge < -0.3 is 39.1 Å². The van der Waals surface area contributed by atoms with Crippen molar-refractivity contribution < 1.29 is 33.2 Å². The molecule has 2 aliphatic rings. The van der Waals surface area contributed by atoms with Crippen LogP contribution < -0.4 is 20.1 Å². The van der Waals surface area contributed by atoms with E-state index < -0.39 is 6.09 Å². The number of halogens is 1. The largest absolute Gasteiger partial charge is 0.493 e. The minimum Gasteiger partial charge on any atom is -0.493 e. The van der Waals surface area contributed by atoms with Crippen molar-refractivity contribution in [1.82, 2.24) is 15.5 Å². The van der Waals surface area contributed by atoms with Crippen molar-refractivity contribution in [1.29, 1.82) is 0 Å². The highest BCUT2D eigenvalue weighted by molar-refractivity contribution is 6.31. The Hall–Kier alpha value is -3.64. The number of hydrogen-bond acceptors (Lipinski definition) is 8. The molecule has 4 N–H and O–H groups in total. The molecule has 1 amide bonds. The summed E-state index contributed by atoms with van der Waals surface area (Å²) in [6, 6.07) is 12.0. The molecule has 0 fully saturated rings. The van der Waals surface area contributed by atoms with Gasteiger partial charge >= 0.3 is 6.09 Å². The Kier molecular flexibility index (Phi) is 11.4. The third-order valence-corrected chi connectivity index (χ3v) is 6.84. The van der Waals surface area contributed by atoms with Crippen molar-refractivity contribution in [2.45, 2.75) is 13.5 Å². The summed E-state index contributed by atoms with van der Waals surface area (Å²) < 4.78 is 32.5. The zero-order valence-electron chi connectivity index (χ0n) is 23.6.